The van der Waals surface area contributed by atoms with Crippen molar-refractivity contribution in [1.82, 2.24) is 0 Å². The highest BCUT2D eigenvalue weighted by Gasteiger charge is 2.18. The lowest BCUT2D eigenvalue weighted by atomic mass is 10.1. The zero-order valence-electron chi connectivity index (χ0n) is 12.9. The van der Waals surface area contributed by atoms with E-state index < -0.39 is 17.3 Å². The maximum absolute atomic E-state index is 11.4. The first-order valence-corrected chi connectivity index (χ1v) is 8.71. The van der Waals surface area contributed by atoms with E-state index in [0.717, 1.165) is 24.2 Å². The van der Waals surface area contributed by atoms with Gasteiger partial charge in [0.25, 0.3) is 0 Å². The maximum atomic E-state index is 11.4. The summed E-state index contributed by atoms with van der Waals surface area (Å²) < 4.78 is 5.16. The van der Waals surface area contributed by atoms with Gasteiger partial charge in [-0.3, -0.25) is 4.79 Å². The van der Waals surface area contributed by atoms with Crippen LogP contribution in [0.5, 0.6) is 0 Å². The highest BCUT2D eigenvalue weighted by atomic mass is 32.2. The van der Waals surface area contributed by atoms with Gasteiger partial charge in [-0.2, -0.15) is 0 Å². The van der Waals surface area contributed by atoms with E-state index in [1.807, 2.05) is 30.3 Å². The van der Waals surface area contributed by atoms with Crippen molar-refractivity contribution in [3.05, 3.63) is 54.5 Å². The summed E-state index contributed by atoms with van der Waals surface area (Å²) in [4.78, 5) is 12.3. The molecule has 0 saturated heterocycles. The molecule has 0 radical (unpaired) electrons. The Morgan fingerprint density at radius 1 is 1.04 bits per heavy atom. The third-order valence-electron chi connectivity index (χ3n) is 3.61. The van der Waals surface area contributed by atoms with E-state index in [1.54, 1.807) is 18.4 Å². The number of thioether (sulfide) groups is 1. The highest BCUT2D eigenvalue weighted by molar-refractivity contribution is 8.00. The molecule has 23 heavy (non-hydrogen) atoms. The Bertz CT molecular complexity index is 568. The number of carbonyl (C=O) groups is 1. The molecule has 1 aromatic carbocycles. The largest absolute Gasteiger partial charge is 0.480 e. The third-order valence-corrected chi connectivity index (χ3v) is 4.88. The third kappa shape index (κ3) is 6.12. The van der Waals surface area contributed by atoms with Gasteiger partial charge in [-0.25, -0.2) is 0 Å². The van der Waals surface area contributed by atoms with Crippen LogP contribution in [0.4, 0.5) is 0 Å². The Morgan fingerprint density at radius 3 is 2.43 bits per heavy atom. The Labute approximate surface area is 140 Å². The van der Waals surface area contributed by atoms with Crippen molar-refractivity contribution in [3.63, 3.8) is 0 Å². The van der Waals surface area contributed by atoms with E-state index in [-0.39, 0.29) is 0 Å². The number of carboxylic acids is 1. The summed E-state index contributed by atoms with van der Waals surface area (Å²) in [5.74, 6) is -0.178. The first-order chi connectivity index (χ1) is 11.2. The van der Waals surface area contributed by atoms with Crippen molar-refractivity contribution in [2.24, 2.45) is 0 Å². The molecule has 0 aliphatic carbocycles. The van der Waals surface area contributed by atoms with Gasteiger partial charge in [0, 0.05) is 4.90 Å². The van der Waals surface area contributed by atoms with Crippen molar-refractivity contribution < 1.29 is 19.4 Å². The second-order valence-electron chi connectivity index (χ2n) is 5.43. The molecule has 0 fully saturated rings. The van der Waals surface area contributed by atoms with Crippen LogP contribution < -0.4 is 0 Å². The molecule has 2 N–H and O–H groups in total. The minimum Gasteiger partial charge on any atom is -0.480 e. The molecule has 1 aromatic heterocycles. The fourth-order valence-electron chi connectivity index (χ4n) is 2.36. The Hall–Kier alpha value is -1.72. The van der Waals surface area contributed by atoms with Gasteiger partial charge in [0.2, 0.25) is 0 Å². The predicted molar refractivity (Wildman–Crippen MR) is 90.5 cm³/mol. The molecular formula is C18H22O4S. The number of benzene rings is 1. The number of furan rings is 1. The average Bonchev–Trinajstić information content (AvgIpc) is 3.08. The van der Waals surface area contributed by atoms with Crippen LogP contribution >= 0.6 is 11.8 Å². The molecule has 0 aliphatic rings. The Balaban J connectivity index is 1.67. The Morgan fingerprint density at radius 2 is 1.78 bits per heavy atom. The van der Waals surface area contributed by atoms with Crippen LogP contribution in [0, 0.1) is 0 Å². The molecule has 124 valence electrons. The number of hydrogen-bond acceptors (Lipinski definition) is 4. The van der Waals surface area contributed by atoms with Crippen LogP contribution in [0.2, 0.25) is 0 Å². The zero-order valence-corrected chi connectivity index (χ0v) is 13.7. The number of hydrogen-bond donors (Lipinski definition) is 2. The van der Waals surface area contributed by atoms with Crippen molar-refractivity contribution in [2.75, 3.05) is 0 Å². The summed E-state index contributed by atoms with van der Waals surface area (Å²) in [6, 6.07) is 13.1. The zero-order chi connectivity index (χ0) is 16.5. The van der Waals surface area contributed by atoms with Crippen molar-refractivity contribution >= 4 is 17.7 Å². The van der Waals surface area contributed by atoms with Crippen LogP contribution in [0.25, 0.3) is 0 Å². The van der Waals surface area contributed by atoms with Gasteiger partial charge >= 0.3 is 5.97 Å². The number of aliphatic carboxylic acids is 1. The van der Waals surface area contributed by atoms with E-state index in [1.165, 1.54) is 11.8 Å². The van der Waals surface area contributed by atoms with E-state index in [4.69, 9.17) is 4.42 Å². The molecule has 2 atom stereocenters. The molecule has 0 amide bonds. The molecule has 4 nitrogen and oxygen atoms in total. The molecular weight excluding hydrogens is 312 g/mol. The molecule has 5 heteroatoms. The van der Waals surface area contributed by atoms with Gasteiger partial charge in [0.05, 0.1) is 6.26 Å². The number of aliphatic hydroxyl groups excluding tert-OH is 1. The van der Waals surface area contributed by atoms with E-state index in [9.17, 15) is 15.0 Å². The summed E-state index contributed by atoms with van der Waals surface area (Å²) in [6.07, 6.45) is 4.83. The second-order valence-corrected chi connectivity index (χ2v) is 6.70. The summed E-state index contributed by atoms with van der Waals surface area (Å²) in [7, 11) is 0. The maximum Gasteiger partial charge on any atom is 0.316 e. The lowest BCUT2D eigenvalue weighted by Gasteiger charge is -2.12. The smallest absolute Gasteiger partial charge is 0.316 e. The Kier molecular flexibility index (Phi) is 7.23. The molecule has 0 aliphatic heterocycles. The standard InChI is InChI=1S/C18H22O4S/c19-15(16-11-7-13-22-16)10-5-2-6-12-17(18(20)21)23-14-8-3-1-4-9-14/h1,3-4,7-9,11,13,15,17,19H,2,5-6,10,12H2,(H,20,21). The lowest BCUT2D eigenvalue weighted by Crippen LogP contribution is -2.16. The van der Waals surface area contributed by atoms with Gasteiger partial charge in [-0.1, -0.05) is 37.5 Å². The van der Waals surface area contributed by atoms with E-state index in [0.29, 0.717) is 18.6 Å². The van der Waals surface area contributed by atoms with Crippen molar-refractivity contribution in [3.8, 4) is 0 Å². The predicted octanol–water partition coefficient (Wildman–Crippen LogP) is 4.51. The fourth-order valence-corrected chi connectivity index (χ4v) is 3.39. The van der Waals surface area contributed by atoms with Crippen molar-refractivity contribution in [1.29, 1.82) is 0 Å². The van der Waals surface area contributed by atoms with Crippen LogP contribution in [-0.4, -0.2) is 21.4 Å². The lowest BCUT2D eigenvalue weighted by molar-refractivity contribution is -0.136. The van der Waals surface area contributed by atoms with Crippen LogP contribution in [0.15, 0.2) is 58.0 Å². The summed E-state index contributed by atoms with van der Waals surface area (Å²) in [5, 5.41) is 18.8. The average molecular weight is 334 g/mol. The molecule has 0 saturated carbocycles. The molecule has 1 heterocycles. The van der Waals surface area contributed by atoms with E-state index in [2.05, 4.69) is 0 Å². The van der Waals surface area contributed by atoms with E-state index >= 15 is 0 Å². The highest BCUT2D eigenvalue weighted by Crippen LogP contribution is 2.27. The molecule has 2 aromatic rings. The van der Waals surface area contributed by atoms with Gasteiger partial charge in [-0.05, 0) is 37.1 Å². The molecule has 2 unspecified atom stereocenters. The molecule has 2 rings (SSSR count). The second kappa shape index (κ2) is 9.43. The van der Waals surface area contributed by atoms with Crippen LogP contribution in [0.3, 0.4) is 0 Å². The van der Waals surface area contributed by atoms with Gasteiger partial charge in [0.15, 0.2) is 0 Å². The number of aliphatic hydroxyl groups is 1. The summed E-state index contributed by atoms with van der Waals surface area (Å²) in [6.45, 7) is 0. The van der Waals surface area contributed by atoms with Crippen LogP contribution in [-0.2, 0) is 4.79 Å². The normalized spacial score (nSPS) is 13.6. The van der Waals surface area contributed by atoms with Gasteiger partial charge < -0.3 is 14.6 Å². The van der Waals surface area contributed by atoms with Gasteiger partial charge in [0.1, 0.15) is 17.1 Å². The number of rotatable bonds is 10. The number of carboxylic acid groups (broad SMARTS) is 1. The molecule has 0 spiro atoms. The first-order valence-electron chi connectivity index (χ1n) is 7.83. The first kappa shape index (κ1) is 17.6. The van der Waals surface area contributed by atoms with Crippen LogP contribution in [0.1, 0.15) is 44.0 Å². The number of unbranched alkanes of at least 4 members (excludes halogenated alkanes) is 2. The summed E-state index contributed by atoms with van der Waals surface area (Å²) >= 11 is 1.40. The van der Waals surface area contributed by atoms with Crippen molar-refractivity contribution in [2.45, 2.75) is 48.4 Å². The SMILES string of the molecule is O=C(O)C(CCCCCC(O)c1ccco1)Sc1ccccc1. The van der Waals surface area contributed by atoms with Gasteiger partial charge in [-0.15, -0.1) is 11.8 Å². The minimum absolute atomic E-state index is 0.424. The monoisotopic (exact) mass is 334 g/mol. The minimum atomic E-state index is -0.769. The topological polar surface area (TPSA) is 70.7 Å². The quantitative estimate of drug-likeness (QED) is 0.494. The fraction of sp³-hybridized carbons (Fsp3) is 0.389. The summed E-state index contributed by atoms with van der Waals surface area (Å²) in [5.41, 5.74) is 0. The molecule has 0 bridgehead atoms.